The summed E-state index contributed by atoms with van der Waals surface area (Å²) in [6.07, 6.45) is 2.09. The van der Waals surface area contributed by atoms with Crippen LogP contribution in [-0.4, -0.2) is 39.8 Å². The number of piperidine rings is 1. The van der Waals surface area contributed by atoms with Gasteiger partial charge in [0.25, 0.3) is 0 Å². The molecule has 0 spiro atoms. The molecule has 0 aliphatic carbocycles. The Balaban J connectivity index is 2.09. The Morgan fingerprint density at radius 2 is 2.24 bits per heavy atom. The number of halogens is 1. The summed E-state index contributed by atoms with van der Waals surface area (Å²) in [5.41, 5.74) is -0.129. The van der Waals surface area contributed by atoms with Gasteiger partial charge in [0.1, 0.15) is 17.0 Å². The van der Waals surface area contributed by atoms with Gasteiger partial charge in [-0.2, -0.15) is 0 Å². The summed E-state index contributed by atoms with van der Waals surface area (Å²) >= 11 is 5.85. The van der Waals surface area contributed by atoms with Crippen LogP contribution < -0.4 is 4.74 Å². The number of hydrogen-bond acceptors (Lipinski definition) is 3. The number of carbonyl (C=O) groups is 1. The van der Waals surface area contributed by atoms with Crippen LogP contribution in [0.3, 0.4) is 0 Å². The second-order valence-electron chi connectivity index (χ2n) is 6.44. The van der Waals surface area contributed by atoms with E-state index in [1.807, 2.05) is 0 Å². The zero-order valence-electron chi connectivity index (χ0n) is 12.5. The van der Waals surface area contributed by atoms with Gasteiger partial charge in [0.15, 0.2) is 0 Å². The van der Waals surface area contributed by atoms with Crippen LogP contribution in [0, 0.1) is 5.41 Å². The van der Waals surface area contributed by atoms with Crippen LogP contribution >= 0.6 is 11.6 Å². The Hall–Kier alpha value is -1.49. The number of nitrogens with zero attached hydrogens (tertiary/aromatic N) is 2. The first-order chi connectivity index (χ1) is 9.77. The minimum atomic E-state index is -0.861. The smallest absolute Gasteiger partial charge is 0.407 e. The number of pyridine rings is 1. The molecule has 0 bridgehead atoms. The quantitative estimate of drug-likeness (QED) is 0.846. The van der Waals surface area contributed by atoms with E-state index in [0.29, 0.717) is 30.3 Å². The number of likely N-dealkylation sites (tertiary alicyclic amines) is 1. The van der Waals surface area contributed by atoms with Crippen molar-refractivity contribution in [3.8, 4) is 5.75 Å². The monoisotopic (exact) mass is 312 g/mol. The van der Waals surface area contributed by atoms with E-state index in [9.17, 15) is 9.90 Å². The summed E-state index contributed by atoms with van der Waals surface area (Å²) < 4.78 is 5.95. The first kappa shape index (κ1) is 15.9. The predicted molar refractivity (Wildman–Crippen MR) is 80.9 cm³/mol. The lowest BCUT2D eigenvalue weighted by Crippen LogP contribution is -2.53. The highest BCUT2D eigenvalue weighted by molar-refractivity contribution is 6.29. The van der Waals surface area contributed by atoms with Gasteiger partial charge in [0.2, 0.25) is 0 Å². The Morgan fingerprint density at radius 1 is 1.52 bits per heavy atom. The molecule has 1 saturated heterocycles. The second kappa shape index (κ2) is 6.10. The number of amides is 1. The van der Waals surface area contributed by atoms with Gasteiger partial charge in [-0.3, -0.25) is 0 Å². The number of ether oxygens (including phenoxy) is 1. The third kappa shape index (κ3) is 4.00. The van der Waals surface area contributed by atoms with Crippen LogP contribution in [0.15, 0.2) is 18.3 Å². The molecule has 21 heavy (non-hydrogen) atoms. The third-order valence-electron chi connectivity index (χ3n) is 3.80. The predicted octanol–water partition coefficient (Wildman–Crippen LogP) is 3.67. The van der Waals surface area contributed by atoms with Crippen molar-refractivity contribution in [2.45, 2.75) is 45.8 Å². The number of rotatable bonds is 2. The molecule has 2 rings (SSSR count). The van der Waals surface area contributed by atoms with Crippen molar-refractivity contribution >= 4 is 17.7 Å². The molecule has 6 heteroatoms. The zero-order valence-corrected chi connectivity index (χ0v) is 13.3. The van der Waals surface area contributed by atoms with Crippen molar-refractivity contribution in [3.05, 3.63) is 23.5 Å². The van der Waals surface area contributed by atoms with Gasteiger partial charge >= 0.3 is 6.09 Å². The van der Waals surface area contributed by atoms with Gasteiger partial charge in [0.05, 0.1) is 0 Å². The molecule has 1 aromatic rings. The highest BCUT2D eigenvalue weighted by atomic mass is 35.5. The summed E-state index contributed by atoms with van der Waals surface area (Å²) in [5.74, 6) is 0.677. The van der Waals surface area contributed by atoms with Crippen molar-refractivity contribution < 1.29 is 14.6 Å². The number of carboxylic acid groups (broad SMARTS) is 1. The summed E-state index contributed by atoms with van der Waals surface area (Å²) in [5, 5.41) is 9.74. The molecular formula is C15H21ClN2O3. The van der Waals surface area contributed by atoms with Crippen LogP contribution in [-0.2, 0) is 0 Å². The summed E-state index contributed by atoms with van der Waals surface area (Å²) in [7, 11) is 0. The van der Waals surface area contributed by atoms with Crippen molar-refractivity contribution in [1.29, 1.82) is 0 Å². The fraction of sp³-hybridized carbons (Fsp3) is 0.600. The van der Waals surface area contributed by atoms with E-state index in [2.05, 4.69) is 25.8 Å². The zero-order chi connectivity index (χ0) is 15.6. The Bertz CT molecular complexity index is 516. The molecule has 5 nitrogen and oxygen atoms in total. The SMILES string of the molecule is CC(C)(C)C1CC(Oc2ccnc(Cl)c2)CCN1C(=O)O. The van der Waals surface area contributed by atoms with E-state index in [1.54, 1.807) is 18.3 Å². The fourth-order valence-electron chi connectivity index (χ4n) is 2.74. The van der Waals surface area contributed by atoms with E-state index >= 15 is 0 Å². The standard InChI is InChI=1S/C15H21ClN2O3/c1-15(2,3)12-8-11(5-7-18(12)14(19)20)21-10-4-6-17-13(16)9-10/h4,6,9,11-12H,5,7-8H2,1-3H3,(H,19,20). The van der Waals surface area contributed by atoms with E-state index in [0.717, 1.165) is 0 Å². The van der Waals surface area contributed by atoms with Gasteiger partial charge in [-0.1, -0.05) is 32.4 Å². The molecule has 2 unspecified atom stereocenters. The van der Waals surface area contributed by atoms with Gasteiger partial charge in [-0.25, -0.2) is 9.78 Å². The molecule has 0 radical (unpaired) electrons. The lowest BCUT2D eigenvalue weighted by atomic mass is 9.80. The van der Waals surface area contributed by atoms with Gasteiger partial charge in [-0.05, 0) is 11.5 Å². The Labute approximate surface area is 129 Å². The summed E-state index contributed by atoms with van der Waals surface area (Å²) in [6, 6.07) is 3.38. The lowest BCUT2D eigenvalue weighted by molar-refractivity contribution is 0.0130. The number of aromatic nitrogens is 1. The average Bonchev–Trinajstić information content (AvgIpc) is 2.37. The number of hydrogen-bond donors (Lipinski definition) is 1. The molecule has 1 fully saturated rings. The van der Waals surface area contributed by atoms with Crippen LogP contribution in [0.5, 0.6) is 5.75 Å². The first-order valence-corrected chi connectivity index (χ1v) is 7.43. The summed E-state index contributed by atoms with van der Waals surface area (Å²) in [4.78, 5) is 16.8. The lowest BCUT2D eigenvalue weighted by Gasteiger charge is -2.44. The molecule has 1 aliphatic rings. The van der Waals surface area contributed by atoms with Crippen molar-refractivity contribution in [2.24, 2.45) is 5.41 Å². The highest BCUT2D eigenvalue weighted by Crippen LogP contribution is 2.33. The fourth-order valence-corrected chi connectivity index (χ4v) is 2.90. The molecule has 1 N–H and O–H groups in total. The van der Waals surface area contributed by atoms with Crippen LogP contribution in [0.4, 0.5) is 4.79 Å². The molecule has 0 saturated carbocycles. The van der Waals surface area contributed by atoms with Crippen molar-refractivity contribution in [2.75, 3.05) is 6.54 Å². The van der Waals surface area contributed by atoms with Crippen molar-refractivity contribution in [1.82, 2.24) is 9.88 Å². The largest absolute Gasteiger partial charge is 0.490 e. The highest BCUT2D eigenvalue weighted by Gasteiger charge is 2.39. The summed E-state index contributed by atoms with van der Waals surface area (Å²) in [6.45, 7) is 6.65. The van der Waals surface area contributed by atoms with E-state index in [4.69, 9.17) is 16.3 Å². The van der Waals surface area contributed by atoms with Crippen LogP contribution in [0.25, 0.3) is 0 Å². The van der Waals surface area contributed by atoms with Crippen LogP contribution in [0.1, 0.15) is 33.6 Å². The Kier molecular flexibility index (Phi) is 4.61. The molecule has 0 aromatic carbocycles. The minimum absolute atomic E-state index is 0.0108. The molecule has 2 heterocycles. The maximum atomic E-state index is 11.4. The van der Waals surface area contributed by atoms with Gasteiger partial charge < -0.3 is 14.7 Å². The first-order valence-electron chi connectivity index (χ1n) is 7.05. The van der Waals surface area contributed by atoms with E-state index in [1.165, 1.54) is 4.90 Å². The van der Waals surface area contributed by atoms with Gasteiger partial charge in [-0.15, -0.1) is 0 Å². The molecule has 1 aliphatic heterocycles. The Morgan fingerprint density at radius 3 is 2.81 bits per heavy atom. The molecule has 2 atom stereocenters. The molecular weight excluding hydrogens is 292 g/mol. The van der Waals surface area contributed by atoms with E-state index in [-0.39, 0.29) is 17.6 Å². The van der Waals surface area contributed by atoms with Gasteiger partial charge in [0, 0.05) is 37.7 Å². The molecule has 116 valence electrons. The minimum Gasteiger partial charge on any atom is -0.490 e. The average molecular weight is 313 g/mol. The van der Waals surface area contributed by atoms with E-state index < -0.39 is 6.09 Å². The van der Waals surface area contributed by atoms with Crippen LogP contribution in [0.2, 0.25) is 5.15 Å². The maximum absolute atomic E-state index is 11.4. The van der Waals surface area contributed by atoms with Crippen molar-refractivity contribution in [3.63, 3.8) is 0 Å². The topological polar surface area (TPSA) is 62.7 Å². The normalized spacial score (nSPS) is 23.0. The third-order valence-corrected chi connectivity index (χ3v) is 4.01. The molecule has 1 amide bonds. The maximum Gasteiger partial charge on any atom is 0.407 e. The second-order valence-corrected chi connectivity index (χ2v) is 6.82. The molecule has 1 aromatic heterocycles.